The number of aliphatic hydroxyl groups is 1. The standard InChI is InChI=1S/C12H13ClN4OS/c13-10-4-2-1-3-9(10)11(18)7-19-12-14-15-16-17(12)8-5-6-8/h1-4,8,11,18H,5-7H2. The van der Waals surface area contributed by atoms with Gasteiger partial charge in [-0.15, -0.1) is 5.10 Å². The van der Waals surface area contributed by atoms with Crippen molar-refractivity contribution in [3.05, 3.63) is 34.9 Å². The van der Waals surface area contributed by atoms with Crippen LogP contribution in [0.1, 0.15) is 30.6 Å². The van der Waals surface area contributed by atoms with Crippen LogP contribution < -0.4 is 0 Å². The first-order valence-corrected chi connectivity index (χ1v) is 7.45. The Morgan fingerprint density at radius 3 is 2.95 bits per heavy atom. The van der Waals surface area contributed by atoms with Crippen molar-refractivity contribution >= 4 is 23.4 Å². The molecule has 3 rings (SSSR count). The predicted molar refractivity (Wildman–Crippen MR) is 73.2 cm³/mol. The van der Waals surface area contributed by atoms with Crippen LogP contribution >= 0.6 is 23.4 Å². The third kappa shape index (κ3) is 2.91. The van der Waals surface area contributed by atoms with E-state index in [0.717, 1.165) is 23.6 Å². The molecule has 1 heterocycles. The Labute approximate surface area is 120 Å². The van der Waals surface area contributed by atoms with Gasteiger partial charge in [-0.3, -0.25) is 0 Å². The van der Waals surface area contributed by atoms with Crippen molar-refractivity contribution in [3.8, 4) is 0 Å². The summed E-state index contributed by atoms with van der Waals surface area (Å²) in [6.45, 7) is 0. The van der Waals surface area contributed by atoms with Crippen molar-refractivity contribution in [2.24, 2.45) is 0 Å². The Morgan fingerprint density at radius 2 is 2.21 bits per heavy atom. The van der Waals surface area contributed by atoms with E-state index >= 15 is 0 Å². The average Bonchev–Trinajstić information content (AvgIpc) is 3.15. The van der Waals surface area contributed by atoms with Crippen molar-refractivity contribution in [2.45, 2.75) is 30.1 Å². The number of aromatic nitrogens is 4. The molecule has 1 aromatic heterocycles. The molecule has 0 spiro atoms. The van der Waals surface area contributed by atoms with E-state index in [1.54, 1.807) is 6.07 Å². The molecule has 1 aromatic carbocycles. The molecule has 1 N–H and O–H groups in total. The molecule has 1 aliphatic carbocycles. The van der Waals surface area contributed by atoms with Crippen LogP contribution in [0, 0.1) is 0 Å². The van der Waals surface area contributed by atoms with Crippen LogP contribution in [0.25, 0.3) is 0 Å². The van der Waals surface area contributed by atoms with Crippen molar-refractivity contribution in [1.29, 1.82) is 0 Å². The highest BCUT2D eigenvalue weighted by Crippen LogP contribution is 2.37. The molecule has 0 aliphatic heterocycles. The maximum atomic E-state index is 10.2. The second-order valence-electron chi connectivity index (χ2n) is 4.49. The van der Waals surface area contributed by atoms with Gasteiger partial charge in [0, 0.05) is 10.8 Å². The molecule has 2 aromatic rings. The highest BCUT2D eigenvalue weighted by Gasteiger charge is 2.28. The van der Waals surface area contributed by atoms with Gasteiger partial charge in [-0.1, -0.05) is 41.6 Å². The lowest BCUT2D eigenvalue weighted by Crippen LogP contribution is -2.04. The molecule has 5 nitrogen and oxygen atoms in total. The summed E-state index contributed by atoms with van der Waals surface area (Å²) in [4.78, 5) is 0. The smallest absolute Gasteiger partial charge is 0.209 e. The molecular formula is C12H13ClN4OS. The van der Waals surface area contributed by atoms with Crippen LogP contribution in [-0.2, 0) is 0 Å². The van der Waals surface area contributed by atoms with E-state index in [9.17, 15) is 5.11 Å². The summed E-state index contributed by atoms with van der Waals surface area (Å²) in [6, 6.07) is 7.76. The maximum absolute atomic E-state index is 10.2. The number of rotatable bonds is 5. The molecule has 1 saturated carbocycles. The molecule has 1 atom stereocenters. The lowest BCUT2D eigenvalue weighted by atomic mass is 10.1. The number of nitrogens with zero attached hydrogens (tertiary/aromatic N) is 4. The van der Waals surface area contributed by atoms with Crippen molar-refractivity contribution in [3.63, 3.8) is 0 Å². The Kier molecular flexibility index (Phi) is 3.72. The van der Waals surface area contributed by atoms with E-state index in [4.69, 9.17) is 11.6 Å². The molecule has 0 amide bonds. The zero-order valence-corrected chi connectivity index (χ0v) is 11.7. The lowest BCUT2D eigenvalue weighted by Gasteiger charge is -2.11. The number of halogens is 1. The van der Waals surface area contributed by atoms with Gasteiger partial charge in [0.2, 0.25) is 5.16 Å². The Morgan fingerprint density at radius 1 is 1.42 bits per heavy atom. The molecule has 0 saturated heterocycles. The van der Waals surface area contributed by atoms with Gasteiger partial charge in [0.25, 0.3) is 0 Å². The van der Waals surface area contributed by atoms with E-state index in [1.807, 2.05) is 22.9 Å². The topological polar surface area (TPSA) is 63.8 Å². The Balaban J connectivity index is 1.65. The van der Waals surface area contributed by atoms with Gasteiger partial charge >= 0.3 is 0 Å². The molecular weight excluding hydrogens is 284 g/mol. The van der Waals surface area contributed by atoms with Crippen LogP contribution in [0.4, 0.5) is 0 Å². The molecule has 1 aliphatic rings. The monoisotopic (exact) mass is 296 g/mol. The summed E-state index contributed by atoms with van der Waals surface area (Å²) in [7, 11) is 0. The molecule has 0 bridgehead atoms. The number of benzene rings is 1. The van der Waals surface area contributed by atoms with Gasteiger partial charge in [0.05, 0.1) is 12.1 Å². The largest absolute Gasteiger partial charge is 0.387 e. The zero-order valence-electron chi connectivity index (χ0n) is 10.1. The molecule has 1 unspecified atom stereocenters. The Hall–Kier alpha value is -1.11. The first kappa shape index (κ1) is 12.9. The normalized spacial score (nSPS) is 16.5. The van der Waals surface area contributed by atoms with Crippen molar-refractivity contribution in [1.82, 2.24) is 20.2 Å². The fourth-order valence-electron chi connectivity index (χ4n) is 1.82. The average molecular weight is 297 g/mol. The van der Waals surface area contributed by atoms with Crippen LogP contribution in [0.15, 0.2) is 29.4 Å². The zero-order chi connectivity index (χ0) is 13.2. The van der Waals surface area contributed by atoms with Crippen LogP contribution in [0.2, 0.25) is 5.02 Å². The molecule has 7 heteroatoms. The molecule has 0 radical (unpaired) electrons. The number of hydrogen-bond acceptors (Lipinski definition) is 5. The third-order valence-electron chi connectivity index (χ3n) is 2.99. The molecule has 19 heavy (non-hydrogen) atoms. The fraction of sp³-hybridized carbons (Fsp3) is 0.417. The van der Waals surface area contributed by atoms with E-state index in [0.29, 0.717) is 16.8 Å². The summed E-state index contributed by atoms with van der Waals surface area (Å²) in [5, 5.41) is 23.1. The maximum Gasteiger partial charge on any atom is 0.209 e. The summed E-state index contributed by atoms with van der Waals surface area (Å²) < 4.78 is 1.84. The van der Waals surface area contributed by atoms with E-state index in [-0.39, 0.29) is 0 Å². The number of tetrazole rings is 1. The summed E-state index contributed by atoms with van der Waals surface area (Å²) in [5.74, 6) is 0.483. The van der Waals surface area contributed by atoms with Gasteiger partial charge in [0.1, 0.15) is 0 Å². The van der Waals surface area contributed by atoms with Gasteiger partial charge < -0.3 is 5.11 Å². The minimum absolute atomic E-state index is 0.440. The van der Waals surface area contributed by atoms with E-state index < -0.39 is 6.10 Å². The summed E-state index contributed by atoms with van der Waals surface area (Å²) in [5.41, 5.74) is 0.738. The number of thioether (sulfide) groups is 1. The highest BCUT2D eigenvalue weighted by molar-refractivity contribution is 7.99. The van der Waals surface area contributed by atoms with Crippen molar-refractivity contribution < 1.29 is 5.11 Å². The minimum Gasteiger partial charge on any atom is -0.387 e. The SMILES string of the molecule is OC(CSc1nnnn1C1CC1)c1ccccc1Cl. The third-order valence-corrected chi connectivity index (χ3v) is 4.34. The molecule has 1 fully saturated rings. The Bertz CT molecular complexity index is 572. The first-order valence-electron chi connectivity index (χ1n) is 6.09. The lowest BCUT2D eigenvalue weighted by molar-refractivity contribution is 0.204. The minimum atomic E-state index is -0.622. The molecule has 100 valence electrons. The fourth-order valence-corrected chi connectivity index (χ4v) is 2.98. The first-order chi connectivity index (χ1) is 9.25. The van der Waals surface area contributed by atoms with E-state index in [1.165, 1.54) is 11.8 Å². The van der Waals surface area contributed by atoms with Gasteiger partial charge in [-0.25, -0.2) is 4.68 Å². The second-order valence-corrected chi connectivity index (χ2v) is 5.88. The van der Waals surface area contributed by atoms with Crippen LogP contribution in [-0.4, -0.2) is 31.1 Å². The van der Waals surface area contributed by atoms with Crippen LogP contribution in [0.5, 0.6) is 0 Å². The van der Waals surface area contributed by atoms with Gasteiger partial charge in [-0.2, -0.15) is 0 Å². The predicted octanol–water partition coefficient (Wildman–Crippen LogP) is 2.49. The second kappa shape index (κ2) is 5.48. The van der Waals surface area contributed by atoms with Crippen LogP contribution in [0.3, 0.4) is 0 Å². The van der Waals surface area contributed by atoms with Gasteiger partial charge in [-0.05, 0) is 34.9 Å². The quantitative estimate of drug-likeness (QED) is 0.859. The van der Waals surface area contributed by atoms with E-state index in [2.05, 4.69) is 15.5 Å². The highest BCUT2D eigenvalue weighted by atomic mass is 35.5. The summed E-state index contributed by atoms with van der Waals surface area (Å²) in [6.07, 6.45) is 1.64. The number of aliphatic hydroxyl groups excluding tert-OH is 1. The van der Waals surface area contributed by atoms with Gasteiger partial charge in [0.15, 0.2) is 0 Å². The number of hydrogen-bond donors (Lipinski definition) is 1. The van der Waals surface area contributed by atoms with Crippen molar-refractivity contribution in [2.75, 3.05) is 5.75 Å². The summed E-state index contributed by atoms with van der Waals surface area (Å²) >= 11 is 7.51.